The van der Waals surface area contributed by atoms with Crippen LogP contribution in [0, 0.1) is 0 Å². The van der Waals surface area contributed by atoms with Crippen LogP contribution in [0.3, 0.4) is 0 Å². The Balaban J connectivity index is 1.66. The fourth-order valence-corrected chi connectivity index (χ4v) is 2.04. The molecule has 3 rings (SSSR count). The number of carboxylic acids is 1. The van der Waals surface area contributed by atoms with Crippen LogP contribution in [0.1, 0.15) is 16.1 Å². The highest BCUT2D eigenvalue weighted by atomic mass is 16.5. The Morgan fingerprint density at radius 2 is 2.00 bits per heavy atom. The van der Waals surface area contributed by atoms with Gasteiger partial charge in [0.2, 0.25) is 0 Å². The number of benzene rings is 1. The third kappa shape index (κ3) is 3.46. The monoisotopic (exact) mass is 311 g/mol. The molecule has 2 heterocycles. The van der Waals surface area contributed by atoms with Crippen molar-refractivity contribution in [1.82, 2.24) is 9.38 Å². The van der Waals surface area contributed by atoms with Crippen LogP contribution in [0.4, 0.5) is 10.5 Å². The van der Waals surface area contributed by atoms with Gasteiger partial charge in [-0.15, -0.1) is 0 Å². The zero-order valence-corrected chi connectivity index (χ0v) is 12.0. The van der Waals surface area contributed by atoms with E-state index in [1.165, 1.54) is 6.20 Å². The maximum Gasteiger partial charge on any atom is 0.411 e. The summed E-state index contributed by atoms with van der Waals surface area (Å²) >= 11 is 0. The summed E-state index contributed by atoms with van der Waals surface area (Å²) in [4.78, 5) is 26.6. The lowest BCUT2D eigenvalue weighted by molar-refractivity contribution is 0.0691. The Hall–Kier alpha value is -3.35. The van der Waals surface area contributed by atoms with Crippen molar-refractivity contribution in [2.24, 2.45) is 0 Å². The molecule has 0 radical (unpaired) electrons. The second-order valence-electron chi connectivity index (χ2n) is 4.80. The fourth-order valence-electron chi connectivity index (χ4n) is 2.04. The summed E-state index contributed by atoms with van der Waals surface area (Å²) in [5.41, 5.74) is 1.72. The Morgan fingerprint density at radius 1 is 1.22 bits per heavy atom. The van der Waals surface area contributed by atoms with E-state index in [1.807, 2.05) is 30.3 Å². The predicted octanol–water partition coefficient (Wildman–Crippen LogP) is 2.78. The van der Waals surface area contributed by atoms with E-state index in [9.17, 15) is 9.59 Å². The molecule has 1 aromatic carbocycles. The number of hydrogen-bond acceptors (Lipinski definition) is 4. The summed E-state index contributed by atoms with van der Waals surface area (Å²) in [5.74, 6) is -1.11. The van der Waals surface area contributed by atoms with Crippen molar-refractivity contribution in [2.45, 2.75) is 6.61 Å². The first-order valence-corrected chi connectivity index (χ1v) is 6.81. The number of pyridine rings is 1. The van der Waals surface area contributed by atoms with E-state index in [1.54, 1.807) is 22.7 Å². The molecule has 116 valence electrons. The lowest BCUT2D eigenvalue weighted by Crippen LogP contribution is -2.13. The smallest absolute Gasteiger partial charge is 0.411 e. The van der Waals surface area contributed by atoms with Gasteiger partial charge in [-0.3, -0.25) is 5.32 Å². The minimum atomic E-state index is -1.11. The molecule has 2 aromatic heterocycles. The van der Waals surface area contributed by atoms with Gasteiger partial charge in [0.05, 0.1) is 0 Å². The first-order valence-electron chi connectivity index (χ1n) is 6.81. The number of carbonyl (C=O) groups is 2. The van der Waals surface area contributed by atoms with Crippen LogP contribution in [0.25, 0.3) is 5.65 Å². The van der Waals surface area contributed by atoms with Gasteiger partial charge in [-0.1, -0.05) is 30.3 Å². The third-order valence-corrected chi connectivity index (χ3v) is 3.14. The van der Waals surface area contributed by atoms with Crippen LogP contribution >= 0.6 is 0 Å². The number of carbonyl (C=O) groups excluding carboxylic acids is 1. The van der Waals surface area contributed by atoms with Gasteiger partial charge >= 0.3 is 12.1 Å². The van der Waals surface area contributed by atoms with Crippen LogP contribution in [0.5, 0.6) is 0 Å². The van der Waals surface area contributed by atoms with Crippen molar-refractivity contribution in [3.05, 3.63) is 66.1 Å². The highest BCUT2D eigenvalue weighted by molar-refractivity contribution is 5.87. The van der Waals surface area contributed by atoms with Crippen LogP contribution in [-0.4, -0.2) is 26.6 Å². The number of carboxylic acid groups (broad SMARTS) is 1. The first-order chi connectivity index (χ1) is 11.1. The number of ether oxygens (including phenoxy) is 1. The minimum absolute atomic E-state index is 0.0613. The molecule has 0 fully saturated rings. The zero-order valence-electron chi connectivity index (χ0n) is 12.0. The third-order valence-electron chi connectivity index (χ3n) is 3.14. The van der Waals surface area contributed by atoms with Gasteiger partial charge in [0.1, 0.15) is 12.3 Å². The number of imidazole rings is 1. The standard InChI is InChI=1S/C16H13N3O4/c20-15(21)13-9-19-7-6-12(8-14(19)18-13)17-16(22)23-10-11-4-2-1-3-5-11/h1-9H,10H2,(H,17,22)(H,20,21). The van der Waals surface area contributed by atoms with E-state index in [0.717, 1.165) is 5.56 Å². The van der Waals surface area contributed by atoms with Crippen molar-refractivity contribution in [3.8, 4) is 0 Å². The minimum Gasteiger partial charge on any atom is -0.476 e. The van der Waals surface area contributed by atoms with E-state index in [0.29, 0.717) is 11.3 Å². The average Bonchev–Trinajstić information content (AvgIpc) is 2.97. The lowest BCUT2D eigenvalue weighted by Gasteiger charge is -2.07. The quantitative estimate of drug-likeness (QED) is 0.773. The number of hydrogen-bond donors (Lipinski definition) is 2. The van der Waals surface area contributed by atoms with Crippen LogP contribution < -0.4 is 5.32 Å². The molecule has 3 aromatic rings. The number of rotatable bonds is 4. The van der Waals surface area contributed by atoms with Crippen molar-refractivity contribution in [3.63, 3.8) is 0 Å². The molecule has 0 unspecified atom stereocenters. The molecule has 23 heavy (non-hydrogen) atoms. The van der Waals surface area contributed by atoms with Crippen LogP contribution in [0.15, 0.2) is 54.9 Å². The summed E-state index contributed by atoms with van der Waals surface area (Å²) in [7, 11) is 0. The van der Waals surface area contributed by atoms with Crippen molar-refractivity contribution >= 4 is 23.4 Å². The first kappa shape index (κ1) is 14.6. The number of anilines is 1. The van der Waals surface area contributed by atoms with Crippen molar-refractivity contribution < 1.29 is 19.4 Å². The molecule has 0 atom stereocenters. The van der Waals surface area contributed by atoms with E-state index in [-0.39, 0.29) is 12.3 Å². The van der Waals surface area contributed by atoms with Gasteiger partial charge in [-0.05, 0) is 11.6 Å². The molecule has 0 saturated heterocycles. The summed E-state index contributed by atoms with van der Waals surface area (Å²) in [6, 6.07) is 12.5. The maximum atomic E-state index is 11.8. The summed E-state index contributed by atoms with van der Waals surface area (Å²) in [6.07, 6.45) is 2.42. The zero-order chi connectivity index (χ0) is 16.2. The Morgan fingerprint density at radius 3 is 2.74 bits per heavy atom. The molecular formula is C16H13N3O4. The van der Waals surface area contributed by atoms with Gasteiger partial charge in [0, 0.05) is 24.1 Å². The van der Waals surface area contributed by atoms with E-state index in [4.69, 9.17) is 9.84 Å². The summed E-state index contributed by atoms with van der Waals surface area (Å²) < 4.78 is 6.68. The van der Waals surface area contributed by atoms with E-state index < -0.39 is 12.1 Å². The topological polar surface area (TPSA) is 92.9 Å². The van der Waals surface area contributed by atoms with Gasteiger partial charge in [0.25, 0.3) is 0 Å². The number of amides is 1. The summed E-state index contributed by atoms with van der Waals surface area (Å²) in [6.45, 7) is 0.168. The normalized spacial score (nSPS) is 10.4. The van der Waals surface area contributed by atoms with Gasteiger partial charge in [-0.25, -0.2) is 14.6 Å². The molecular weight excluding hydrogens is 298 g/mol. The molecule has 0 aliphatic heterocycles. The molecule has 0 aliphatic rings. The molecule has 0 spiro atoms. The van der Waals surface area contributed by atoms with E-state index in [2.05, 4.69) is 10.3 Å². The average molecular weight is 311 g/mol. The summed E-state index contributed by atoms with van der Waals surface area (Å²) in [5, 5.41) is 11.5. The lowest BCUT2D eigenvalue weighted by atomic mass is 10.2. The predicted molar refractivity (Wildman–Crippen MR) is 82.4 cm³/mol. The highest BCUT2D eigenvalue weighted by Gasteiger charge is 2.10. The van der Waals surface area contributed by atoms with Crippen LogP contribution in [0.2, 0.25) is 0 Å². The molecule has 2 N–H and O–H groups in total. The highest BCUT2D eigenvalue weighted by Crippen LogP contribution is 2.13. The van der Waals surface area contributed by atoms with E-state index >= 15 is 0 Å². The van der Waals surface area contributed by atoms with Gasteiger partial charge in [-0.2, -0.15) is 0 Å². The number of aromatic nitrogens is 2. The second-order valence-corrected chi connectivity index (χ2v) is 4.80. The number of fused-ring (bicyclic) bond motifs is 1. The molecule has 7 nitrogen and oxygen atoms in total. The van der Waals surface area contributed by atoms with Crippen molar-refractivity contribution in [1.29, 1.82) is 0 Å². The number of aromatic carboxylic acids is 1. The Labute approximate surface area is 131 Å². The van der Waals surface area contributed by atoms with Crippen molar-refractivity contribution in [2.75, 3.05) is 5.32 Å². The largest absolute Gasteiger partial charge is 0.476 e. The molecule has 0 saturated carbocycles. The maximum absolute atomic E-state index is 11.8. The molecule has 1 amide bonds. The van der Waals surface area contributed by atoms with Crippen LogP contribution in [-0.2, 0) is 11.3 Å². The second kappa shape index (κ2) is 6.18. The molecule has 7 heteroatoms. The Bertz CT molecular complexity index is 858. The fraction of sp³-hybridized carbons (Fsp3) is 0.0625. The number of nitrogens with one attached hydrogen (secondary N) is 1. The molecule has 0 bridgehead atoms. The SMILES string of the molecule is O=C(Nc1ccn2cc(C(=O)O)nc2c1)OCc1ccccc1. The van der Waals surface area contributed by atoms with Gasteiger partial charge in [0.15, 0.2) is 5.69 Å². The Kier molecular flexibility index (Phi) is 3.92. The molecule has 0 aliphatic carbocycles. The van der Waals surface area contributed by atoms with Gasteiger partial charge < -0.3 is 14.2 Å². The number of nitrogens with zero attached hydrogens (tertiary/aromatic N) is 2.